The Hall–Kier alpha value is -5.08. The minimum atomic E-state index is -0.943. The molecule has 2 atom stereocenters. The maximum Gasteiger partial charge on any atom is 0.329 e. The molecular weight excluding hydrogens is 693 g/mol. The van der Waals surface area contributed by atoms with Crippen LogP contribution < -0.4 is 11.1 Å². The monoisotopic (exact) mass is 736 g/mol. The molecule has 0 saturated heterocycles. The average molecular weight is 737 g/mol. The van der Waals surface area contributed by atoms with Gasteiger partial charge in [-0.15, -0.1) is 23.5 Å². The number of carbonyl (C=O) groups excluding carboxylic acids is 2. The van der Waals surface area contributed by atoms with Gasteiger partial charge in [-0.3, -0.25) is 4.79 Å². The zero-order chi connectivity index (χ0) is 36.9. The van der Waals surface area contributed by atoms with Gasteiger partial charge >= 0.3 is 5.97 Å². The van der Waals surface area contributed by atoms with Crippen LogP contribution in [-0.2, 0) is 23.8 Å². The predicted octanol–water partition coefficient (Wildman–Crippen LogP) is 8.81. The molecule has 6 aromatic carbocycles. The summed E-state index contributed by atoms with van der Waals surface area (Å²) in [6.45, 7) is 1.96. The topological polar surface area (TPSA) is 81.4 Å². The summed E-state index contributed by atoms with van der Waals surface area (Å²) in [5, 5.41) is 3.01. The Kier molecular flexibility index (Phi) is 12.9. The molecule has 0 bridgehead atoms. The first-order valence-corrected chi connectivity index (χ1v) is 19.8. The van der Waals surface area contributed by atoms with E-state index < -0.39 is 33.5 Å². The van der Waals surface area contributed by atoms with E-state index in [-0.39, 0.29) is 18.1 Å². The number of amides is 1. The predicted molar refractivity (Wildman–Crippen MR) is 220 cm³/mol. The number of esters is 1. The molecule has 0 aliphatic rings. The number of carbonyl (C=O) groups is 2. The first-order chi connectivity index (χ1) is 26.0. The van der Waals surface area contributed by atoms with Crippen LogP contribution in [-0.4, -0.2) is 42.1 Å². The highest BCUT2D eigenvalue weighted by Gasteiger charge is 2.40. The van der Waals surface area contributed by atoms with Crippen LogP contribution in [0.25, 0.3) is 0 Å². The Labute approximate surface area is 321 Å². The number of rotatable bonds is 16. The van der Waals surface area contributed by atoms with Crippen LogP contribution in [0.5, 0.6) is 0 Å². The van der Waals surface area contributed by atoms with Crippen molar-refractivity contribution in [2.45, 2.75) is 28.5 Å². The third-order valence-corrected chi connectivity index (χ3v) is 12.6. The number of ether oxygens (including phenoxy) is 1. The van der Waals surface area contributed by atoms with E-state index in [1.54, 1.807) is 30.4 Å². The maximum atomic E-state index is 14.1. The van der Waals surface area contributed by atoms with Gasteiger partial charge in [-0.05, 0) is 40.3 Å². The summed E-state index contributed by atoms with van der Waals surface area (Å²) in [6.07, 6.45) is 0. The van der Waals surface area contributed by atoms with Crippen molar-refractivity contribution in [1.29, 1.82) is 0 Å². The zero-order valence-corrected chi connectivity index (χ0v) is 31.3. The van der Waals surface area contributed by atoms with Crippen molar-refractivity contribution in [1.82, 2.24) is 5.32 Å². The minimum absolute atomic E-state index is 0.187. The van der Waals surface area contributed by atoms with Crippen molar-refractivity contribution in [3.63, 3.8) is 0 Å². The summed E-state index contributed by atoms with van der Waals surface area (Å²) in [6, 6.07) is 59.8. The number of benzene rings is 6. The molecule has 0 spiro atoms. The maximum absolute atomic E-state index is 14.1. The van der Waals surface area contributed by atoms with Crippen molar-refractivity contribution in [2.75, 3.05) is 18.1 Å². The van der Waals surface area contributed by atoms with E-state index in [1.807, 2.05) is 109 Å². The zero-order valence-electron chi connectivity index (χ0n) is 29.7. The standard InChI is InChI=1S/C46H44N2O3S2/c1-2-51-44(50)42(34-53-46(38-27-15-6-16-28-38,39-29-17-7-18-30-39)40-31-19-8-20-32-40)48-43(49)41(47)33-52-45(35-21-9-3-10-22-35,36-23-11-4-12-24-36)37-25-13-5-14-26-37/h3-32,41-42H,2,33-34,47H2,1H3,(H,48,49)/t41-,42-/m1/s1. The number of hydrogen-bond donors (Lipinski definition) is 2. The van der Waals surface area contributed by atoms with Crippen LogP contribution in [0.3, 0.4) is 0 Å². The molecule has 6 rings (SSSR count). The Balaban J connectivity index is 1.30. The summed E-state index contributed by atoms with van der Waals surface area (Å²) in [5.74, 6) is -0.382. The molecule has 0 aliphatic carbocycles. The number of hydrogen-bond acceptors (Lipinski definition) is 6. The summed E-state index contributed by atoms with van der Waals surface area (Å²) < 4.78 is 4.22. The van der Waals surface area contributed by atoms with Gasteiger partial charge in [0.1, 0.15) is 6.04 Å². The van der Waals surface area contributed by atoms with Crippen molar-refractivity contribution < 1.29 is 14.3 Å². The highest BCUT2D eigenvalue weighted by Crippen LogP contribution is 2.50. The molecule has 6 aromatic rings. The van der Waals surface area contributed by atoms with Gasteiger partial charge in [0.05, 0.1) is 22.1 Å². The third-order valence-electron chi connectivity index (χ3n) is 9.25. The molecule has 268 valence electrons. The first kappa shape index (κ1) is 37.7. The molecule has 0 heterocycles. The lowest BCUT2D eigenvalue weighted by atomic mass is 9.84. The van der Waals surface area contributed by atoms with E-state index in [2.05, 4.69) is 78.1 Å². The van der Waals surface area contributed by atoms with Gasteiger partial charge in [-0.2, -0.15) is 0 Å². The van der Waals surface area contributed by atoms with Crippen molar-refractivity contribution in [3.05, 3.63) is 215 Å². The van der Waals surface area contributed by atoms with Gasteiger partial charge in [0, 0.05) is 11.5 Å². The van der Waals surface area contributed by atoms with E-state index in [0.717, 1.165) is 33.4 Å². The molecule has 5 nitrogen and oxygen atoms in total. The van der Waals surface area contributed by atoms with Crippen LogP contribution in [0.1, 0.15) is 40.3 Å². The highest BCUT2D eigenvalue weighted by molar-refractivity contribution is 8.01. The van der Waals surface area contributed by atoms with Crippen molar-refractivity contribution >= 4 is 35.4 Å². The highest BCUT2D eigenvalue weighted by atomic mass is 32.2. The summed E-state index contributed by atoms with van der Waals surface area (Å²) in [7, 11) is 0. The van der Waals surface area contributed by atoms with Crippen LogP contribution in [0.4, 0.5) is 0 Å². The Morgan fingerprint density at radius 1 is 0.528 bits per heavy atom. The molecule has 3 N–H and O–H groups in total. The number of thioether (sulfide) groups is 2. The van der Waals surface area contributed by atoms with Crippen molar-refractivity contribution in [3.8, 4) is 0 Å². The normalized spacial score (nSPS) is 12.7. The van der Waals surface area contributed by atoms with Crippen LogP contribution >= 0.6 is 23.5 Å². The molecule has 0 radical (unpaired) electrons. The largest absolute Gasteiger partial charge is 0.464 e. The lowest BCUT2D eigenvalue weighted by Gasteiger charge is -2.37. The Bertz CT molecular complexity index is 1820. The lowest BCUT2D eigenvalue weighted by Crippen LogP contribution is -2.51. The Morgan fingerprint density at radius 2 is 0.811 bits per heavy atom. The molecule has 0 aliphatic heterocycles. The third kappa shape index (κ3) is 8.44. The summed E-state index contributed by atoms with van der Waals surface area (Å²) >= 11 is 3.20. The first-order valence-electron chi connectivity index (χ1n) is 17.8. The van der Waals surface area contributed by atoms with Crippen LogP contribution in [0.2, 0.25) is 0 Å². The molecule has 1 amide bonds. The second kappa shape index (κ2) is 18.1. The average Bonchev–Trinajstić information content (AvgIpc) is 3.23. The van der Waals surface area contributed by atoms with Gasteiger partial charge < -0.3 is 15.8 Å². The number of nitrogens with one attached hydrogen (secondary N) is 1. The van der Waals surface area contributed by atoms with E-state index in [4.69, 9.17) is 10.5 Å². The van der Waals surface area contributed by atoms with Gasteiger partial charge in [0.25, 0.3) is 0 Å². The second-order valence-corrected chi connectivity index (χ2v) is 15.1. The van der Waals surface area contributed by atoms with Gasteiger partial charge in [-0.25, -0.2) is 4.79 Å². The fourth-order valence-electron chi connectivity index (χ4n) is 6.73. The van der Waals surface area contributed by atoms with Gasteiger partial charge in [-0.1, -0.05) is 182 Å². The molecule has 7 heteroatoms. The molecular formula is C46H44N2O3S2. The fraction of sp³-hybridized carbons (Fsp3) is 0.174. The van der Waals surface area contributed by atoms with E-state index >= 15 is 0 Å². The van der Waals surface area contributed by atoms with E-state index in [9.17, 15) is 9.59 Å². The smallest absolute Gasteiger partial charge is 0.329 e. The summed E-state index contributed by atoms with van der Waals surface area (Å²) in [4.78, 5) is 27.7. The molecule has 0 unspecified atom stereocenters. The van der Waals surface area contributed by atoms with Crippen LogP contribution in [0, 0.1) is 0 Å². The molecule has 0 fully saturated rings. The fourth-order valence-corrected chi connectivity index (χ4v) is 9.76. The van der Waals surface area contributed by atoms with Gasteiger partial charge in [0.15, 0.2) is 0 Å². The van der Waals surface area contributed by atoms with Gasteiger partial charge in [0.2, 0.25) is 5.91 Å². The second-order valence-electron chi connectivity index (χ2n) is 12.6. The SMILES string of the molecule is CCOC(=O)[C@@H](CSC(c1ccccc1)(c1ccccc1)c1ccccc1)NC(=O)[C@H](N)CSC(c1ccccc1)(c1ccccc1)c1ccccc1. The minimum Gasteiger partial charge on any atom is -0.464 e. The molecule has 0 aromatic heterocycles. The molecule has 0 saturated carbocycles. The quantitative estimate of drug-likeness (QED) is 0.0764. The van der Waals surface area contributed by atoms with E-state index in [1.165, 1.54) is 0 Å². The molecule has 53 heavy (non-hydrogen) atoms. The lowest BCUT2D eigenvalue weighted by molar-refractivity contribution is -0.146. The summed E-state index contributed by atoms with van der Waals surface area (Å²) in [5.41, 5.74) is 13.2. The van der Waals surface area contributed by atoms with E-state index in [0.29, 0.717) is 0 Å². The van der Waals surface area contributed by atoms with Crippen LogP contribution in [0.15, 0.2) is 182 Å². The number of nitrogens with two attached hydrogens (primary N) is 1. The van der Waals surface area contributed by atoms with Crippen molar-refractivity contribution in [2.24, 2.45) is 5.73 Å². The Morgan fingerprint density at radius 3 is 1.09 bits per heavy atom.